The van der Waals surface area contributed by atoms with Gasteiger partial charge >= 0.3 is 0 Å². The predicted octanol–water partition coefficient (Wildman–Crippen LogP) is 3.78. The van der Waals surface area contributed by atoms with Gasteiger partial charge in [-0.25, -0.2) is 0 Å². The molecule has 92 valence electrons. The lowest BCUT2D eigenvalue weighted by atomic mass is 9.58. The van der Waals surface area contributed by atoms with Gasteiger partial charge in [-0.2, -0.15) is 0 Å². The van der Waals surface area contributed by atoms with Gasteiger partial charge in [0, 0.05) is 0 Å². The third-order valence-corrected chi connectivity index (χ3v) is 4.92. The summed E-state index contributed by atoms with van der Waals surface area (Å²) >= 11 is 0. The fourth-order valence-corrected chi connectivity index (χ4v) is 3.87. The van der Waals surface area contributed by atoms with Crippen LogP contribution in [0.3, 0.4) is 0 Å². The van der Waals surface area contributed by atoms with Crippen LogP contribution in [0.5, 0.6) is 0 Å². The maximum atomic E-state index is 10.5. The number of rotatable bonds is 1. The van der Waals surface area contributed by atoms with E-state index in [-0.39, 0.29) is 0 Å². The summed E-state index contributed by atoms with van der Waals surface area (Å²) in [5.41, 5.74) is 1.11. The number of fused-ring (bicyclic) bond motifs is 1. The van der Waals surface area contributed by atoms with Crippen molar-refractivity contribution in [2.75, 3.05) is 0 Å². The topological polar surface area (TPSA) is 20.2 Å². The van der Waals surface area contributed by atoms with Crippen molar-refractivity contribution in [2.45, 2.75) is 59.0 Å². The third kappa shape index (κ3) is 2.07. The second kappa shape index (κ2) is 4.18. The zero-order chi connectivity index (χ0) is 11.9. The van der Waals surface area contributed by atoms with Crippen molar-refractivity contribution in [3.63, 3.8) is 0 Å². The molecular formula is C15H26O. The Morgan fingerprint density at radius 1 is 1.38 bits per heavy atom. The van der Waals surface area contributed by atoms with E-state index in [1.807, 2.05) is 0 Å². The van der Waals surface area contributed by atoms with Gasteiger partial charge < -0.3 is 5.11 Å². The highest BCUT2D eigenvalue weighted by atomic mass is 16.3. The molecule has 0 heterocycles. The van der Waals surface area contributed by atoms with E-state index in [2.05, 4.69) is 33.8 Å². The third-order valence-electron chi connectivity index (χ3n) is 4.92. The second-order valence-electron chi connectivity index (χ2n) is 6.54. The number of hydrogen-bond acceptors (Lipinski definition) is 1. The predicted molar refractivity (Wildman–Crippen MR) is 68.2 cm³/mol. The first-order valence-electron chi connectivity index (χ1n) is 6.81. The summed E-state index contributed by atoms with van der Waals surface area (Å²) in [6.07, 6.45) is 7.01. The Labute approximate surface area is 99.9 Å². The van der Waals surface area contributed by atoms with E-state index < -0.39 is 5.60 Å². The van der Waals surface area contributed by atoms with Gasteiger partial charge in [-0.15, -0.1) is 0 Å². The van der Waals surface area contributed by atoms with Gasteiger partial charge in [-0.3, -0.25) is 0 Å². The van der Waals surface area contributed by atoms with E-state index in [1.165, 1.54) is 24.8 Å². The lowest BCUT2D eigenvalue weighted by molar-refractivity contribution is -0.0807. The molecule has 0 aromatic rings. The van der Waals surface area contributed by atoms with E-state index in [4.69, 9.17) is 0 Å². The molecule has 2 unspecified atom stereocenters. The standard InChI is InChI=1S/C15H26O/c1-10(2)12-7-8-15(4,16)14-6-5-11(3)9-13(12)14/h9-10,12-14,16H,5-8H2,1-4H3/t12-,13?,14?,15+/m1/s1. The molecule has 2 aliphatic rings. The van der Waals surface area contributed by atoms with Gasteiger partial charge in [0.25, 0.3) is 0 Å². The Morgan fingerprint density at radius 2 is 2.06 bits per heavy atom. The molecule has 0 bridgehead atoms. The zero-order valence-electron chi connectivity index (χ0n) is 11.2. The molecule has 16 heavy (non-hydrogen) atoms. The molecule has 1 heteroatoms. The lowest BCUT2D eigenvalue weighted by Crippen LogP contribution is -2.48. The Kier molecular flexibility index (Phi) is 3.18. The van der Waals surface area contributed by atoms with Crippen LogP contribution >= 0.6 is 0 Å². The summed E-state index contributed by atoms with van der Waals surface area (Å²) in [6, 6.07) is 0. The number of aliphatic hydroxyl groups is 1. The van der Waals surface area contributed by atoms with Crippen molar-refractivity contribution in [1.82, 2.24) is 0 Å². The van der Waals surface area contributed by atoms with E-state index in [1.54, 1.807) is 0 Å². The van der Waals surface area contributed by atoms with Crippen LogP contribution in [0.25, 0.3) is 0 Å². The summed E-state index contributed by atoms with van der Waals surface area (Å²) in [4.78, 5) is 0. The fraction of sp³-hybridized carbons (Fsp3) is 0.867. The summed E-state index contributed by atoms with van der Waals surface area (Å²) in [7, 11) is 0. The normalized spacial score (nSPS) is 44.1. The zero-order valence-corrected chi connectivity index (χ0v) is 11.2. The molecular weight excluding hydrogens is 196 g/mol. The Bertz CT molecular complexity index is 288. The molecule has 0 saturated heterocycles. The molecule has 0 aliphatic heterocycles. The van der Waals surface area contributed by atoms with Crippen LogP contribution in [0.4, 0.5) is 0 Å². The monoisotopic (exact) mass is 222 g/mol. The van der Waals surface area contributed by atoms with Crippen LogP contribution in [0.2, 0.25) is 0 Å². The van der Waals surface area contributed by atoms with E-state index in [0.29, 0.717) is 11.8 Å². The van der Waals surface area contributed by atoms with Crippen LogP contribution < -0.4 is 0 Å². The van der Waals surface area contributed by atoms with Crippen LogP contribution in [-0.4, -0.2) is 10.7 Å². The summed E-state index contributed by atoms with van der Waals surface area (Å²) in [6.45, 7) is 8.96. The van der Waals surface area contributed by atoms with E-state index >= 15 is 0 Å². The Hall–Kier alpha value is -0.300. The molecule has 4 atom stereocenters. The van der Waals surface area contributed by atoms with Crippen LogP contribution in [-0.2, 0) is 0 Å². The van der Waals surface area contributed by atoms with Gasteiger partial charge in [0.2, 0.25) is 0 Å². The minimum atomic E-state index is -0.423. The largest absolute Gasteiger partial charge is 0.390 e. The lowest BCUT2D eigenvalue weighted by Gasteiger charge is -2.49. The quantitative estimate of drug-likeness (QED) is 0.669. The average molecular weight is 222 g/mol. The van der Waals surface area contributed by atoms with Crippen molar-refractivity contribution in [3.8, 4) is 0 Å². The fourth-order valence-electron chi connectivity index (χ4n) is 3.87. The summed E-state index contributed by atoms with van der Waals surface area (Å²) < 4.78 is 0. The molecule has 0 spiro atoms. The van der Waals surface area contributed by atoms with Gasteiger partial charge in [-0.05, 0) is 63.2 Å². The van der Waals surface area contributed by atoms with Gasteiger partial charge in [0.1, 0.15) is 0 Å². The van der Waals surface area contributed by atoms with Crippen LogP contribution in [0.15, 0.2) is 11.6 Å². The highest BCUT2D eigenvalue weighted by Gasteiger charge is 2.46. The van der Waals surface area contributed by atoms with Crippen molar-refractivity contribution in [3.05, 3.63) is 11.6 Å². The first-order valence-corrected chi connectivity index (χ1v) is 6.81. The van der Waals surface area contributed by atoms with Gasteiger partial charge in [-0.1, -0.05) is 25.5 Å². The highest BCUT2D eigenvalue weighted by molar-refractivity contribution is 5.13. The second-order valence-corrected chi connectivity index (χ2v) is 6.54. The molecule has 0 radical (unpaired) electrons. The van der Waals surface area contributed by atoms with Crippen molar-refractivity contribution in [2.24, 2.45) is 23.7 Å². The molecule has 2 rings (SSSR count). The maximum Gasteiger partial charge on any atom is 0.0653 e. The average Bonchev–Trinajstić information content (AvgIpc) is 2.16. The Morgan fingerprint density at radius 3 is 2.69 bits per heavy atom. The summed E-state index contributed by atoms with van der Waals surface area (Å²) in [5.74, 6) is 2.64. The van der Waals surface area contributed by atoms with Crippen molar-refractivity contribution >= 4 is 0 Å². The SMILES string of the molecule is CC1=CC2C(CC1)[C@@](C)(O)CC[C@@H]2C(C)C. The maximum absolute atomic E-state index is 10.5. The first-order chi connectivity index (χ1) is 7.42. The first kappa shape index (κ1) is 12.2. The molecule has 1 fully saturated rings. The van der Waals surface area contributed by atoms with Gasteiger partial charge in [0.05, 0.1) is 5.60 Å². The Balaban J connectivity index is 2.27. The molecule has 2 aliphatic carbocycles. The summed E-state index contributed by atoms with van der Waals surface area (Å²) in [5, 5.41) is 10.5. The van der Waals surface area contributed by atoms with Crippen LogP contribution in [0, 0.1) is 23.7 Å². The minimum absolute atomic E-state index is 0.423. The highest BCUT2D eigenvalue weighted by Crippen LogP contribution is 2.49. The molecule has 1 N–H and O–H groups in total. The number of allylic oxidation sites excluding steroid dienone is 2. The molecule has 1 saturated carbocycles. The molecule has 0 amide bonds. The van der Waals surface area contributed by atoms with Gasteiger partial charge in [0.15, 0.2) is 0 Å². The van der Waals surface area contributed by atoms with Crippen molar-refractivity contribution < 1.29 is 5.11 Å². The molecule has 0 aromatic carbocycles. The van der Waals surface area contributed by atoms with Crippen LogP contribution in [0.1, 0.15) is 53.4 Å². The minimum Gasteiger partial charge on any atom is -0.390 e. The number of hydrogen-bond donors (Lipinski definition) is 1. The van der Waals surface area contributed by atoms with E-state index in [9.17, 15) is 5.11 Å². The molecule has 1 nitrogen and oxygen atoms in total. The van der Waals surface area contributed by atoms with E-state index in [0.717, 1.165) is 18.3 Å². The smallest absolute Gasteiger partial charge is 0.0653 e. The van der Waals surface area contributed by atoms with Crippen molar-refractivity contribution in [1.29, 1.82) is 0 Å². The molecule has 0 aromatic heterocycles.